The van der Waals surface area contributed by atoms with Gasteiger partial charge >= 0.3 is 6.03 Å². The second kappa shape index (κ2) is 8.47. The van der Waals surface area contributed by atoms with Gasteiger partial charge in [-0.1, -0.05) is 13.0 Å². The van der Waals surface area contributed by atoms with Gasteiger partial charge in [-0.15, -0.1) is 0 Å². The number of amides is 2. The highest BCUT2D eigenvalue weighted by Gasteiger charge is 2.05. The van der Waals surface area contributed by atoms with Gasteiger partial charge < -0.3 is 15.7 Å². The molecule has 0 aliphatic heterocycles. The van der Waals surface area contributed by atoms with Crippen molar-refractivity contribution in [3.63, 3.8) is 0 Å². The fraction of sp³-hybridized carbons (Fsp3) is 0.500. The average molecular weight is 286 g/mol. The van der Waals surface area contributed by atoms with Gasteiger partial charge in [0, 0.05) is 19.2 Å². The Labute approximate surface area is 117 Å². The van der Waals surface area contributed by atoms with Crippen LogP contribution in [-0.2, 0) is 6.42 Å². The highest BCUT2D eigenvalue weighted by Crippen LogP contribution is 2.09. The van der Waals surface area contributed by atoms with E-state index in [9.17, 15) is 18.7 Å². The zero-order valence-electron chi connectivity index (χ0n) is 11.5. The molecular weight excluding hydrogens is 266 g/mol. The Morgan fingerprint density at radius 1 is 1.30 bits per heavy atom. The molecule has 0 aliphatic rings. The van der Waals surface area contributed by atoms with Crippen LogP contribution >= 0.6 is 0 Å². The second-order valence-electron chi connectivity index (χ2n) is 4.52. The number of benzene rings is 1. The predicted molar refractivity (Wildman–Crippen MR) is 72.4 cm³/mol. The van der Waals surface area contributed by atoms with Crippen molar-refractivity contribution in [3.8, 4) is 0 Å². The number of carbonyl (C=O) groups is 1. The number of hydrogen-bond acceptors (Lipinski definition) is 2. The van der Waals surface area contributed by atoms with E-state index in [0.29, 0.717) is 24.9 Å². The Morgan fingerprint density at radius 3 is 2.65 bits per heavy atom. The number of rotatable bonds is 7. The largest absolute Gasteiger partial charge is 0.393 e. The summed E-state index contributed by atoms with van der Waals surface area (Å²) in [6.07, 6.45) is 1.02. The van der Waals surface area contributed by atoms with Gasteiger partial charge in [-0.25, -0.2) is 13.6 Å². The third kappa shape index (κ3) is 5.97. The molecule has 1 aromatic rings. The van der Waals surface area contributed by atoms with E-state index in [-0.39, 0.29) is 19.0 Å². The molecule has 1 unspecified atom stereocenters. The van der Waals surface area contributed by atoms with Crippen molar-refractivity contribution in [2.45, 2.75) is 32.3 Å². The molecule has 0 fully saturated rings. The molecular formula is C14H20F2N2O2. The van der Waals surface area contributed by atoms with Crippen LogP contribution in [0.2, 0.25) is 0 Å². The number of carbonyl (C=O) groups excluding carboxylic acids is 1. The lowest BCUT2D eigenvalue weighted by Gasteiger charge is -2.10. The molecule has 4 nitrogen and oxygen atoms in total. The maximum atomic E-state index is 13.3. The summed E-state index contributed by atoms with van der Waals surface area (Å²) >= 11 is 0. The standard InChI is InChI=1S/C14H20F2N2O2/c1-2-12(19)6-8-18-14(20)17-7-5-10-3-4-11(15)9-13(10)16/h3-4,9,12,19H,2,5-8H2,1H3,(H2,17,18,20). The van der Waals surface area contributed by atoms with Crippen LogP contribution in [0.1, 0.15) is 25.3 Å². The van der Waals surface area contributed by atoms with E-state index < -0.39 is 17.7 Å². The summed E-state index contributed by atoms with van der Waals surface area (Å²) < 4.78 is 26.0. The maximum Gasteiger partial charge on any atom is 0.314 e. The highest BCUT2D eigenvalue weighted by molar-refractivity contribution is 5.73. The van der Waals surface area contributed by atoms with E-state index in [4.69, 9.17) is 0 Å². The summed E-state index contributed by atoms with van der Waals surface area (Å²) in [5.41, 5.74) is 0.355. The second-order valence-corrected chi connectivity index (χ2v) is 4.52. The molecule has 0 heterocycles. The number of halogens is 2. The smallest absolute Gasteiger partial charge is 0.314 e. The quantitative estimate of drug-likeness (QED) is 0.717. The van der Waals surface area contributed by atoms with Gasteiger partial charge in [-0.3, -0.25) is 0 Å². The molecule has 3 N–H and O–H groups in total. The fourth-order valence-electron chi connectivity index (χ4n) is 1.65. The lowest BCUT2D eigenvalue weighted by molar-refractivity contribution is 0.160. The van der Waals surface area contributed by atoms with Crippen molar-refractivity contribution >= 4 is 6.03 Å². The molecule has 1 atom stereocenters. The summed E-state index contributed by atoms with van der Waals surface area (Å²) in [5.74, 6) is -1.23. The third-order valence-corrected chi connectivity index (χ3v) is 2.93. The van der Waals surface area contributed by atoms with Crippen molar-refractivity contribution < 1.29 is 18.7 Å². The molecule has 20 heavy (non-hydrogen) atoms. The molecule has 1 aromatic carbocycles. The Morgan fingerprint density at radius 2 is 2.00 bits per heavy atom. The molecule has 6 heteroatoms. The molecule has 0 bridgehead atoms. The number of urea groups is 1. The van der Waals surface area contributed by atoms with Gasteiger partial charge in [0.05, 0.1) is 6.10 Å². The van der Waals surface area contributed by atoms with Gasteiger partial charge in [0.25, 0.3) is 0 Å². The molecule has 2 amide bonds. The molecule has 0 radical (unpaired) electrons. The van der Waals surface area contributed by atoms with Crippen molar-refractivity contribution in [1.29, 1.82) is 0 Å². The van der Waals surface area contributed by atoms with E-state index in [1.54, 1.807) is 0 Å². The van der Waals surface area contributed by atoms with E-state index in [2.05, 4.69) is 10.6 Å². The van der Waals surface area contributed by atoms with Crippen LogP contribution < -0.4 is 10.6 Å². The number of aliphatic hydroxyl groups excluding tert-OH is 1. The van der Waals surface area contributed by atoms with Crippen LogP contribution in [0.4, 0.5) is 13.6 Å². The van der Waals surface area contributed by atoms with Gasteiger partial charge in [-0.2, -0.15) is 0 Å². The third-order valence-electron chi connectivity index (χ3n) is 2.93. The SMILES string of the molecule is CCC(O)CCNC(=O)NCCc1ccc(F)cc1F. The molecule has 0 spiro atoms. The first-order valence-corrected chi connectivity index (χ1v) is 6.66. The minimum Gasteiger partial charge on any atom is -0.393 e. The number of aliphatic hydroxyl groups is 1. The van der Waals surface area contributed by atoms with Crippen molar-refractivity contribution in [2.75, 3.05) is 13.1 Å². The Bertz CT molecular complexity index is 441. The van der Waals surface area contributed by atoms with Crippen molar-refractivity contribution in [3.05, 3.63) is 35.4 Å². The van der Waals surface area contributed by atoms with Crippen LogP contribution in [-0.4, -0.2) is 30.3 Å². The van der Waals surface area contributed by atoms with E-state index in [0.717, 1.165) is 6.07 Å². The summed E-state index contributed by atoms with van der Waals surface area (Å²) in [6, 6.07) is 3.00. The molecule has 1 rings (SSSR count). The first-order chi connectivity index (χ1) is 9.52. The van der Waals surface area contributed by atoms with Crippen LogP contribution in [0.25, 0.3) is 0 Å². The van der Waals surface area contributed by atoms with E-state index in [1.165, 1.54) is 12.1 Å². The van der Waals surface area contributed by atoms with Crippen LogP contribution in [0.5, 0.6) is 0 Å². The lowest BCUT2D eigenvalue weighted by atomic mass is 10.1. The van der Waals surface area contributed by atoms with E-state index >= 15 is 0 Å². The first kappa shape index (κ1) is 16.4. The van der Waals surface area contributed by atoms with Gasteiger partial charge in [0.15, 0.2) is 0 Å². The van der Waals surface area contributed by atoms with Crippen LogP contribution in [0, 0.1) is 11.6 Å². The molecule has 0 aliphatic carbocycles. The Kier molecular flexibility index (Phi) is 6.93. The summed E-state index contributed by atoms with van der Waals surface area (Å²) in [4.78, 5) is 11.4. The normalized spacial score (nSPS) is 12.0. The van der Waals surface area contributed by atoms with Crippen LogP contribution in [0.3, 0.4) is 0 Å². The van der Waals surface area contributed by atoms with Gasteiger partial charge in [0.2, 0.25) is 0 Å². The first-order valence-electron chi connectivity index (χ1n) is 6.66. The minimum atomic E-state index is -0.619. The lowest BCUT2D eigenvalue weighted by Crippen LogP contribution is -2.38. The zero-order valence-corrected chi connectivity index (χ0v) is 11.5. The van der Waals surface area contributed by atoms with E-state index in [1.807, 2.05) is 6.92 Å². The molecule has 0 aromatic heterocycles. The minimum absolute atomic E-state index is 0.255. The Hall–Kier alpha value is -1.69. The predicted octanol–water partition coefficient (Wildman–Crippen LogP) is 1.97. The van der Waals surface area contributed by atoms with Crippen LogP contribution in [0.15, 0.2) is 18.2 Å². The van der Waals surface area contributed by atoms with Crippen molar-refractivity contribution in [1.82, 2.24) is 10.6 Å². The Balaban J connectivity index is 2.21. The van der Waals surface area contributed by atoms with Gasteiger partial charge in [0.1, 0.15) is 11.6 Å². The molecule has 0 saturated heterocycles. The maximum absolute atomic E-state index is 13.3. The summed E-state index contributed by atoms with van der Waals surface area (Å²) in [7, 11) is 0. The average Bonchev–Trinajstić information content (AvgIpc) is 2.41. The van der Waals surface area contributed by atoms with Crippen molar-refractivity contribution in [2.24, 2.45) is 0 Å². The molecule has 0 saturated carbocycles. The highest BCUT2D eigenvalue weighted by atomic mass is 19.1. The zero-order chi connectivity index (χ0) is 15.0. The molecule has 112 valence electrons. The topological polar surface area (TPSA) is 61.4 Å². The summed E-state index contributed by atoms with van der Waals surface area (Å²) in [5, 5.41) is 14.5. The number of nitrogens with one attached hydrogen (secondary N) is 2. The number of hydrogen-bond donors (Lipinski definition) is 3. The summed E-state index contributed by atoms with van der Waals surface area (Å²) in [6.45, 7) is 2.50. The monoisotopic (exact) mass is 286 g/mol. The fourth-order valence-corrected chi connectivity index (χ4v) is 1.65. The van der Waals surface area contributed by atoms with Gasteiger partial charge in [-0.05, 0) is 30.9 Å².